The third-order valence-electron chi connectivity index (χ3n) is 3.16. The fourth-order valence-electron chi connectivity index (χ4n) is 1.83. The predicted molar refractivity (Wildman–Crippen MR) is 87.7 cm³/mol. The normalized spacial score (nSPS) is 9.79. The van der Waals surface area contributed by atoms with Crippen LogP contribution in [0.25, 0.3) is 0 Å². The summed E-state index contributed by atoms with van der Waals surface area (Å²) in [6, 6.07) is 4.73. The molecule has 0 heterocycles. The van der Waals surface area contributed by atoms with E-state index in [2.05, 4.69) is 16.2 Å². The molecule has 1 aromatic carbocycles. The van der Waals surface area contributed by atoms with E-state index in [9.17, 15) is 14.4 Å². The lowest BCUT2D eigenvalue weighted by Gasteiger charge is -2.11. The van der Waals surface area contributed by atoms with E-state index in [1.165, 1.54) is 20.3 Å². The quantitative estimate of drug-likeness (QED) is 0.608. The van der Waals surface area contributed by atoms with Crippen LogP contribution in [-0.4, -0.2) is 38.5 Å². The van der Waals surface area contributed by atoms with Crippen molar-refractivity contribution in [1.82, 2.24) is 16.2 Å². The minimum atomic E-state index is -0.527. The maximum Gasteiger partial charge on any atom is 0.257 e. The molecule has 1 rings (SSSR count). The molecule has 0 unspecified atom stereocenters. The number of carbonyl (C=O) groups excluding carboxylic acids is 3. The van der Waals surface area contributed by atoms with Gasteiger partial charge < -0.3 is 14.8 Å². The fraction of sp³-hybridized carbons (Fsp3) is 0.438. The Morgan fingerprint density at radius 1 is 1.04 bits per heavy atom. The van der Waals surface area contributed by atoms with Gasteiger partial charge in [0.2, 0.25) is 5.91 Å². The molecule has 8 heteroatoms. The monoisotopic (exact) mass is 337 g/mol. The number of unbranched alkanes of at least 4 members (excludes halogenated alkanes) is 1. The second kappa shape index (κ2) is 10.1. The Hall–Kier alpha value is -2.77. The minimum absolute atomic E-state index is 0.270. The maximum atomic E-state index is 12.1. The van der Waals surface area contributed by atoms with Crippen molar-refractivity contribution in [2.24, 2.45) is 0 Å². The zero-order chi connectivity index (χ0) is 17.9. The highest BCUT2D eigenvalue weighted by Gasteiger charge is 2.14. The lowest BCUT2D eigenvalue weighted by atomic mass is 10.1. The predicted octanol–water partition coefficient (Wildman–Crippen LogP) is 0.771. The van der Waals surface area contributed by atoms with Gasteiger partial charge in [0.15, 0.2) is 0 Å². The molecule has 0 aliphatic heterocycles. The van der Waals surface area contributed by atoms with E-state index >= 15 is 0 Å². The molecule has 132 valence electrons. The Balaban J connectivity index is 2.48. The van der Waals surface area contributed by atoms with Crippen molar-refractivity contribution < 1.29 is 23.9 Å². The molecule has 0 radical (unpaired) electrons. The van der Waals surface area contributed by atoms with E-state index in [1.54, 1.807) is 12.1 Å². The Bertz CT molecular complexity index is 589. The molecule has 0 atom stereocenters. The number of benzene rings is 1. The van der Waals surface area contributed by atoms with Gasteiger partial charge in [-0.3, -0.25) is 25.2 Å². The van der Waals surface area contributed by atoms with Gasteiger partial charge >= 0.3 is 0 Å². The first-order valence-electron chi connectivity index (χ1n) is 7.59. The lowest BCUT2D eigenvalue weighted by Crippen LogP contribution is -2.46. The van der Waals surface area contributed by atoms with Crippen LogP contribution in [0.15, 0.2) is 18.2 Å². The average Bonchev–Trinajstić information content (AvgIpc) is 2.61. The summed E-state index contributed by atoms with van der Waals surface area (Å²) in [5.41, 5.74) is 4.80. The van der Waals surface area contributed by atoms with Crippen LogP contribution in [0, 0.1) is 0 Å². The molecule has 8 nitrogen and oxygen atoms in total. The summed E-state index contributed by atoms with van der Waals surface area (Å²) < 4.78 is 10.2. The standard InChI is InChI=1S/C16H23N3O5/c1-4-5-6-14(20)18-19-15(21)10-17-16(22)12-8-7-11(23-2)9-13(12)24-3/h7-9H,4-6,10H2,1-3H3,(H,17,22)(H,18,20)(H,19,21). The van der Waals surface area contributed by atoms with Crippen LogP contribution in [0.2, 0.25) is 0 Å². The fourth-order valence-corrected chi connectivity index (χ4v) is 1.83. The molecule has 0 aromatic heterocycles. The van der Waals surface area contributed by atoms with Crippen LogP contribution in [0.4, 0.5) is 0 Å². The summed E-state index contributed by atoms with van der Waals surface area (Å²) in [4.78, 5) is 35.1. The Kier molecular flexibility index (Phi) is 8.10. The van der Waals surface area contributed by atoms with Gasteiger partial charge in [-0.15, -0.1) is 0 Å². The summed E-state index contributed by atoms with van der Waals surface area (Å²) in [5, 5.41) is 2.45. The SMILES string of the molecule is CCCCC(=O)NNC(=O)CNC(=O)c1ccc(OC)cc1OC. The zero-order valence-corrected chi connectivity index (χ0v) is 14.1. The Morgan fingerprint density at radius 3 is 2.38 bits per heavy atom. The average molecular weight is 337 g/mol. The van der Waals surface area contributed by atoms with E-state index in [0.717, 1.165) is 12.8 Å². The zero-order valence-electron chi connectivity index (χ0n) is 14.1. The molecule has 0 bridgehead atoms. The largest absolute Gasteiger partial charge is 0.497 e. The number of methoxy groups -OCH3 is 2. The summed E-state index contributed by atoms with van der Waals surface area (Å²) in [6.45, 7) is 1.69. The topological polar surface area (TPSA) is 106 Å². The van der Waals surface area contributed by atoms with Crippen molar-refractivity contribution in [1.29, 1.82) is 0 Å². The van der Waals surface area contributed by atoms with Crippen LogP contribution in [0.3, 0.4) is 0 Å². The highest BCUT2D eigenvalue weighted by atomic mass is 16.5. The molecular formula is C16H23N3O5. The second-order valence-electron chi connectivity index (χ2n) is 4.95. The van der Waals surface area contributed by atoms with Gasteiger partial charge in [-0.05, 0) is 18.6 Å². The van der Waals surface area contributed by atoms with Crippen LogP contribution in [-0.2, 0) is 9.59 Å². The van der Waals surface area contributed by atoms with E-state index < -0.39 is 11.8 Å². The number of ether oxygens (including phenoxy) is 2. The number of amides is 3. The van der Waals surface area contributed by atoms with Gasteiger partial charge in [0.05, 0.1) is 26.3 Å². The van der Waals surface area contributed by atoms with Crippen molar-refractivity contribution in [2.45, 2.75) is 26.2 Å². The Morgan fingerprint density at radius 2 is 1.75 bits per heavy atom. The third kappa shape index (κ3) is 6.15. The molecule has 1 aromatic rings. The number of nitrogens with one attached hydrogen (secondary N) is 3. The van der Waals surface area contributed by atoms with Crippen molar-refractivity contribution in [3.05, 3.63) is 23.8 Å². The first-order chi connectivity index (χ1) is 11.5. The number of hydrogen-bond donors (Lipinski definition) is 3. The van der Waals surface area contributed by atoms with Gasteiger partial charge in [0.25, 0.3) is 11.8 Å². The highest BCUT2D eigenvalue weighted by molar-refractivity contribution is 5.99. The van der Waals surface area contributed by atoms with Crippen molar-refractivity contribution in [3.63, 3.8) is 0 Å². The van der Waals surface area contributed by atoms with Gasteiger partial charge in [-0.25, -0.2) is 0 Å². The number of hydrogen-bond acceptors (Lipinski definition) is 5. The molecule has 0 spiro atoms. The van der Waals surface area contributed by atoms with Gasteiger partial charge in [0.1, 0.15) is 11.5 Å². The van der Waals surface area contributed by atoms with E-state index in [0.29, 0.717) is 17.9 Å². The number of hydrazine groups is 1. The van der Waals surface area contributed by atoms with Crippen molar-refractivity contribution in [2.75, 3.05) is 20.8 Å². The van der Waals surface area contributed by atoms with Crippen LogP contribution in [0.1, 0.15) is 36.5 Å². The van der Waals surface area contributed by atoms with Crippen molar-refractivity contribution >= 4 is 17.7 Å². The molecule has 0 aliphatic rings. The maximum absolute atomic E-state index is 12.1. The molecule has 3 N–H and O–H groups in total. The number of carbonyl (C=O) groups is 3. The van der Waals surface area contributed by atoms with Crippen LogP contribution < -0.4 is 25.6 Å². The van der Waals surface area contributed by atoms with Gasteiger partial charge in [-0.2, -0.15) is 0 Å². The molecular weight excluding hydrogens is 314 g/mol. The van der Waals surface area contributed by atoms with Crippen LogP contribution in [0.5, 0.6) is 11.5 Å². The van der Waals surface area contributed by atoms with Crippen molar-refractivity contribution in [3.8, 4) is 11.5 Å². The summed E-state index contributed by atoms with van der Waals surface area (Å²) in [7, 11) is 2.94. The van der Waals surface area contributed by atoms with Gasteiger partial charge in [0, 0.05) is 12.5 Å². The Labute approximate surface area is 140 Å². The summed E-state index contributed by atoms with van der Waals surface area (Å²) in [6.07, 6.45) is 1.98. The first kappa shape index (κ1) is 19.3. The summed E-state index contributed by atoms with van der Waals surface area (Å²) >= 11 is 0. The first-order valence-corrected chi connectivity index (χ1v) is 7.59. The minimum Gasteiger partial charge on any atom is -0.497 e. The molecule has 24 heavy (non-hydrogen) atoms. The molecule has 0 aliphatic carbocycles. The van der Waals surface area contributed by atoms with Crippen LogP contribution >= 0.6 is 0 Å². The third-order valence-corrected chi connectivity index (χ3v) is 3.16. The number of rotatable bonds is 8. The lowest BCUT2D eigenvalue weighted by molar-refractivity contribution is -0.128. The van der Waals surface area contributed by atoms with E-state index in [-0.39, 0.29) is 18.0 Å². The molecule has 0 fully saturated rings. The van der Waals surface area contributed by atoms with E-state index in [4.69, 9.17) is 9.47 Å². The van der Waals surface area contributed by atoms with Gasteiger partial charge in [-0.1, -0.05) is 13.3 Å². The smallest absolute Gasteiger partial charge is 0.257 e. The summed E-state index contributed by atoms with van der Waals surface area (Å²) in [5.74, 6) is -0.382. The highest BCUT2D eigenvalue weighted by Crippen LogP contribution is 2.24. The molecule has 3 amide bonds. The van der Waals surface area contributed by atoms with E-state index in [1.807, 2.05) is 6.92 Å². The molecule has 0 saturated carbocycles. The molecule has 0 saturated heterocycles. The second-order valence-corrected chi connectivity index (χ2v) is 4.95.